The molecule has 0 fully saturated rings. The molecule has 9 nitrogen and oxygen atoms in total. The fourth-order valence-corrected chi connectivity index (χ4v) is 2.34. The number of nitrogens with zero attached hydrogens (tertiary/aromatic N) is 2. The SMILES string of the molecule is C/C=C/CC(O)CN(CCC(=O)O)CCN(CCC(=O)O)CCC(=O)O. The maximum Gasteiger partial charge on any atom is 0.304 e. The van der Waals surface area contributed by atoms with Crippen molar-refractivity contribution in [3.63, 3.8) is 0 Å². The molecule has 0 aliphatic rings. The molecule has 0 saturated heterocycles. The molecule has 0 aliphatic carbocycles. The molecular formula is C17H30N2O7. The second-order valence-electron chi connectivity index (χ2n) is 6.03. The highest BCUT2D eigenvalue weighted by molar-refractivity contribution is 5.67. The first-order valence-corrected chi connectivity index (χ1v) is 8.63. The van der Waals surface area contributed by atoms with Gasteiger partial charge < -0.3 is 25.3 Å². The maximum atomic E-state index is 10.8. The predicted octanol–water partition coefficient (Wildman–Crippen LogP) is 0.342. The number of aliphatic hydroxyl groups is 1. The van der Waals surface area contributed by atoms with Crippen molar-refractivity contribution in [2.24, 2.45) is 0 Å². The van der Waals surface area contributed by atoms with Crippen molar-refractivity contribution >= 4 is 17.9 Å². The molecule has 0 saturated carbocycles. The Morgan fingerprint density at radius 1 is 0.808 bits per heavy atom. The van der Waals surface area contributed by atoms with E-state index in [1.807, 2.05) is 19.1 Å². The van der Waals surface area contributed by atoms with Gasteiger partial charge in [0.25, 0.3) is 0 Å². The van der Waals surface area contributed by atoms with E-state index >= 15 is 0 Å². The molecule has 0 aromatic rings. The second-order valence-corrected chi connectivity index (χ2v) is 6.03. The first kappa shape index (κ1) is 24.0. The van der Waals surface area contributed by atoms with Crippen LogP contribution in [0.5, 0.6) is 0 Å². The highest BCUT2D eigenvalue weighted by atomic mass is 16.4. The molecule has 0 rings (SSSR count). The number of hydrogen-bond acceptors (Lipinski definition) is 6. The molecule has 0 bridgehead atoms. The zero-order chi connectivity index (χ0) is 19.9. The van der Waals surface area contributed by atoms with Crippen molar-refractivity contribution < 1.29 is 34.8 Å². The minimum atomic E-state index is -0.963. The third-order valence-electron chi connectivity index (χ3n) is 3.77. The molecule has 0 aromatic carbocycles. The molecule has 1 atom stereocenters. The van der Waals surface area contributed by atoms with E-state index in [0.717, 1.165) is 0 Å². The summed E-state index contributed by atoms with van der Waals surface area (Å²) in [4.78, 5) is 35.8. The van der Waals surface area contributed by atoms with Crippen LogP contribution in [0.3, 0.4) is 0 Å². The van der Waals surface area contributed by atoms with E-state index in [2.05, 4.69) is 0 Å². The lowest BCUT2D eigenvalue weighted by atomic mass is 10.2. The molecule has 0 aliphatic heterocycles. The summed E-state index contributed by atoms with van der Waals surface area (Å²) >= 11 is 0. The Kier molecular flexibility index (Phi) is 13.1. The first-order valence-electron chi connectivity index (χ1n) is 8.63. The van der Waals surface area contributed by atoms with E-state index in [1.54, 1.807) is 9.80 Å². The van der Waals surface area contributed by atoms with Crippen molar-refractivity contribution in [2.75, 3.05) is 39.3 Å². The molecule has 0 radical (unpaired) electrons. The third-order valence-corrected chi connectivity index (χ3v) is 3.77. The van der Waals surface area contributed by atoms with E-state index in [9.17, 15) is 19.5 Å². The van der Waals surface area contributed by atoms with Crippen LogP contribution in [0.2, 0.25) is 0 Å². The van der Waals surface area contributed by atoms with Crippen LogP contribution in [-0.4, -0.2) is 93.5 Å². The van der Waals surface area contributed by atoms with Gasteiger partial charge in [0, 0.05) is 39.3 Å². The molecular weight excluding hydrogens is 344 g/mol. The van der Waals surface area contributed by atoms with Crippen molar-refractivity contribution in [2.45, 2.75) is 38.7 Å². The molecule has 0 spiro atoms. The third kappa shape index (κ3) is 14.4. The van der Waals surface area contributed by atoms with E-state index in [0.29, 0.717) is 26.1 Å². The Hall–Kier alpha value is -1.97. The van der Waals surface area contributed by atoms with Crippen LogP contribution in [0.4, 0.5) is 0 Å². The molecule has 0 heterocycles. The maximum absolute atomic E-state index is 10.8. The van der Waals surface area contributed by atoms with Gasteiger partial charge in [-0.25, -0.2) is 0 Å². The van der Waals surface area contributed by atoms with Gasteiger partial charge in [-0.1, -0.05) is 12.2 Å². The number of hydrogen-bond donors (Lipinski definition) is 4. The van der Waals surface area contributed by atoms with Crippen LogP contribution in [0.15, 0.2) is 12.2 Å². The number of carbonyl (C=O) groups is 3. The Morgan fingerprint density at radius 3 is 1.65 bits per heavy atom. The van der Waals surface area contributed by atoms with E-state index < -0.39 is 24.0 Å². The monoisotopic (exact) mass is 374 g/mol. The van der Waals surface area contributed by atoms with Gasteiger partial charge in [-0.15, -0.1) is 0 Å². The zero-order valence-corrected chi connectivity index (χ0v) is 15.2. The summed E-state index contributed by atoms with van der Waals surface area (Å²) in [6, 6.07) is 0. The van der Waals surface area contributed by atoms with Crippen LogP contribution in [0.1, 0.15) is 32.6 Å². The standard InChI is InChI=1S/C17H30N2O7/c1-2-3-4-14(20)13-19(10-7-17(25)26)12-11-18(8-5-15(21)22)9-6-16(23)24/h2-3,14,20H,4-13H2,1H3,(H,21,22)(H,23,24)(H,25,26)/b3-2+. The summed E-state index contributed by atoms with van der Waals surface area (Å²) in [5, 5.41) is 36.5. The molecule has 26 heavy (non-hydrogen) atoms. The molecule has 0 aromatic heterocycles. The van der Waals surface area contributed by atoms with Crippen molar-refractivity contribution in [1.29, 1.82) is 0 Å². The number of aliphatic hydroxyl groups excluding tert-OH is 1. The molecule has 150 valence electrons. The fourth-order valence-electron chi connectivity index (χ4n) is 2.34. The van der Waals surface area contributed by atoms with Gasteiger partial charge in [0.1, 0.15) is 0 Å². The average molecular weight is 374 g/mol. The van der Waals surface area contributed by atoms with Crippen LogP contribution >= 0.6 is 0 Å². The number of aliphatic carboxylic acids is 3. The van der Waals surface area contributed by atoms with Gasteiger partial charge in [0.15, 0.2) is 0 Å². The Morgan fingerprint density at radius 2 is 1.23 bits per heavy atom. The fraction of sp³-hybridized carbons (Fsp3) is 0.706. The van der Waals surface area contributed by atoms with Gasteiger partial charge in [0.05, 0.1) is 25.4 Å². The van der Waals surface area contributed by atoms with Crippen molar-refractivity contribution in [1.82, 2.24) is 9.80 Å². The lowest BCUT2D eigenvalue weighted by Gasteiger charge is -2.28. The average Bonchev–Trinajstić information content (AvgIpc) is 2.56. The molecule has 9 heteroatoms. The summed E-state index contributed by atoms with van der Waals surface area (Å²) < 4.78 is 0. The van der Waals surface area contributed by atoms with Gasteiger partial charge in [-0.05, 0) is 13.3 Å². The normalized spacial score (nSPS) is 12.8. The largest absolute Gasteiger partial charge is 0.481 e. The van der Waals surface area contributed by atoms with E-state index in [-0.39, 0.29) is 38.9 Å². The van der Waals surface area contributed by atoms with Crippen LogP contribution in [-0.2, 0) is 14.4 Å². The number of carboxylic acids is 3. The second kappa shape index (κ2) is 14.2. The van der Waals surface area contributed by atoms with Gasteiger partial charge >= 0.3 is 17.9 Å². The van der Waals surface area contributed by atoms with Crippen LogP contribution in [0, 0.1) is 0 Å². The molecule has 0 amide bonds. The lowest BCUT2D eigenvalue weighted by Crippen LogP contribution is -2.41. The van der Waals surface area contributed by atoms with Gasteiger partial charge in [0.2, 0.25) is 0 Å². The minimum absolute atomic E-state index is 0.0689. The first-order chi connectivity index (χ1) is 12.2. The van der Waals surface area contributed by atoms with Crippen LogP contribution < -0.4 is 0 Å². The summed E-state index contributed by atoms with van der Waals surface area (Å²) in [7, 11) is 0. The summed E-state index contributed by atoms with van der Waals surface area (Å²) in [6.07, 6.45) is 3.21. The highest BCUT2D eigenvalue weighted by Crippen LogP contribution is 2.03. The van der Waals surface area contributed by atoms with E-state index in [4.69, 9.17) is 15.3 Å². The van der Waals surface area contributed by atoms with Gasteiger partial charge in [-0.3, -0.25) is 19.3 Å². The summed E-state index contributed by atoms with van der Waals surface area (Å²) in [5.74, 6) is -2.86. The zero-order valence-electron chi connectivity index (χ0n) is 15.2. The smallest absolute Gasteiger partial charge is 0.304 e. The topological polar surface area (TPSA) is 139 Å². The van der Waals surface area contributed by atoms with Crippen molar-refractivity contribution in [3.8, 4) is 0 Å². The van der Waals surface area contributed by atoms with Crippen LogP contribution in [0.25, 0.3) is 0 Å². The van der Waals surface area contributed by atoms with Crippen molar-refractivity contribution in [3.05, 3.63) is 12.2 Å². The Balaban J connectivity index is 4.68. The predicted molar refractivity (Wildman–Crippen MR) is 95.1 cm³/mol. The summed E-state index contributed by atoms with van der Waals surface area (Å²) in [6.45, 7) is 3.65. The Bertz CT molecular complexity index is 450. The van der Waals surface area contributed by atoms with Gasteiger partial charge in [-0.2, -0.15) is 0 Å². The molecule has 4 N–H and O–H groups in total. The lowest BCUT2D eigenvalue weighted by molar-refractivity contribution is -0.139. The Labute approximate surface area is 153 Å². The highest BCUT2D eigenvalue weighted by Gasteiger charge is 2.15. The van der Waals surface area contributed by atoms with E-state index in [1.165, 1.54) is 0 Å². The number of allylic oxidation sites excluding steroid dienone is 1. The molecule has 1 unspecified atom stereocenters. The number of carboxylic acid groups (broad SMARTS) is 3. The number of rotatable bonds is 16. The minimum Gasteiger partial charge on any atom is -0.481 e. The quantitative estimate of drug-likeness (QED) is 0.282. The summed E-state index contributed by atoms with van der Waals surface area (Å²) in [5.41, 5.74) is 0.